The lowest BCUT2D eigenvalue weighted by atomic mass is 10.3. The normalized spacial score (nSPS) is 10.4. The molecule has 0 aliphatic rings. The van der Waals surface area contributed by atoms with E-state index in [0.29, 0.717) is 25.2 Å². The van der Waals surface area contributed by atoms with Crippen LogP contribution in [0.1, 0.15) is 18.4 Å². The molecule has 72 valence electrons. The van der Waals surface area contributed by atoms with Crippen molar-refractivity contribution in [3.05, 3.63) is 27.7 Å². The quantitative estimate of drug-likeness (QED) is 0.694. The van der Waals surface area contributed by atoms with Gasteiger partial charge in [-0.3, -0.25) is 4.79 Å². The van der Waals surface area contributed by atoms with Gasteiger partial charge in [-0.05, 0) is 13.0 Å². The maximum atomic E-state index is 13.0. The van der Waals surface area contributed by atoms with Gasteiger partial charge in [0.25, 0.3) is 5.56 Å². The van der Waals surface area contributed by atoms with E-state index in [-0.39, 0.29) is 5.69 Å². The van der Waals surface area contributed by atoms with Crippen LogP contribution in [-0.2, 0) is 12.8 Å². The van der Waals surface area contributed by atoms with Crippen LogP contribution in [0.25, 0.3) is 0 Å². The van der Waals surface area contributed by atoms with Gasteiger partial charge in [-0.25, -0.2) is 4.98 Å². The van der Waals surface area contributed by atoms with E-state index >= 15 is 0 Å². The van der Waals surface area contributed by atoms with E-state index in [9.17, 15) is 9.18 Å². The first-order valence-corrected chi connectivity index (χ1v) is 4.16. The summed E-state index contributed by atoms with van der Waals surface area (Å²) in [6, 6.07) is 0. The van der Waals surface area contributed by atoms with Crippen molar-refractivity contribution >= 4 is 0 Å². The SMILES string of the molecule is CCc1nc(CCN)[nH]c(=O)c1F. The fourth-order valence-electron chi connectivity index (χ4n) is 1.05. The minimum Gasteiger partial charge on any atom is -0.330 e. The molecule has 0 spiro atoms. The lowest BCUT2D eigenvalue weighted by molar-refractivity contribution is 0.573. The number of aromatic nitrogens is 2. The highest BCUT2D eigenvalue weighted by molar-refractivity contribution is 5.05. The molecule has 1 aromatic heterocycles. The van der Waals surface area contributed by atoms with Crippen LogP contribution in [0.3, 0.4) is 0 Å². The zero-order valence-electron chi connectivity index (χ0n) is 7.43. The molecule has 0 saturated carbocycles. The van der Waals surface area contributed by atoms with Crippen molar-refractivity contribution in [2.45, 2.75) is 19.8 Å². The van der Waals surface area contributed by atoms with Gasteiger partial charge in [0.2, 0.25) is 5.82 Å². The Bertz CT molecular complexity index is 348. The topological polar surface area (TPSA) is 71.8 Å². The Morgan fingerprint density at radius 3 is 2.85 bits per heavy atom. The van der Waals surface area contributed by atoms with Gasteiger partial charge < -0.3 is 10.7 Å². The molecule has 5 heteroatoms. The van der Waals surface area contributed by atoms with Crippen molar-refractivity contribution in [3.8, 4) is 0 Å². The molecule has 0 atom stereocenters. The van der Waals surface area contributed by atoms with Crippen LogP contribution in [-0.4, -0.2) is 16.5 Å². The number of nitrogens with zero attached hydrogens (tertiary/aromatic N) is 1. The Hall–Kier alpha value is -1.23. The van der Waals surface area contributed by atoms with Gasteiger partial charge in [0.1, 0.15) is 5.82 Å². The van der Waals surface area contributed by atoms with Crippen molar-refractivity contribution in [1.29, 1.82) is 0 Å². The van der Waals surface area contributed by atoms with Crippen LogP contribution in [0.4, 0.5) is 4.39 Å². The Labute approximate surface area is 75.0 Å². The maximum Gasteiger partial charge on any atom is 0.287 e. The Morgan fingerprint density at radius 2 is 2.31 bits per heavy atom. The molecular formula is C8H12FN3O. The number of nitrogens with one attached hydrogen (secondary N) is 1. The summed E-state index contributed by atoms with van der Waals surface area (Å²) in [6.45, 7) is 2.13. The largest absolute Gasteiger partial charge is 0.330 e. The van der Waals surface area contributed by atoms with Gasteiger partial charge in [-0.1, -0.05) is 6.92 Å². The van der Waals surface area contributed by atoms with E-state index in [1.165, 1.54) is 0 Å². The van der Waals surface area contributed by atoms with Gasteiger partial charge in [-0.2, -0.15) is 4.39 Å². The number of aryl methyl sites for hydroxylation is 1. The van der Waals surface area contributed by atoms with Crippen LogP contribution in [0.5, 0.6) is 0 Å². The van der Waals surface area contributed by atoms with Crippen LogP contribution >= 0.6 is 0 Å². The molecule has 0 radical (unpaired) electrons. The summed E-state index contributed by atoms with van der Waals surface area (Å²) in [6.07, 6.45) is 0.871. The van der Waals surface area contributed by atoms with Gasteiger partial charge in [0.15, 0.2) is 0 Å². The van der Waals surface area contributed by atoms with Crippen molar-refractivity contribution in [2.24, 2.45) is 5.73 Å². The first-order chi connectivity index (χ1) is 6.19. The lowest BCUT2D eigenvalue weighted by Crippen LogP contribution is -2.20. The second kappa shape index (κ2) is 4.13. The first kappa shape index (κ1) is 9.85. The smallest absolute Gasteiger partial charge is 0.287 e. The number of hydrogen-bond donors (Lipinski definition) is 2. The molecule has 1 aromatic rings. The monoisotopic (exact) mass is 185 g/mol. The number of halogens is 1. The zero-order valence-corrected chi connectivity index (χ0v) is 7.43. The third-order valence-electron chi connectivity index (χ3n) is 1.70. The highest BCUT2D eigenvalue weighted by Gasteiger charge is 2.08. The van der Waals surface area contributed by atoms with Crippen LogP contribution < -0.4 is 11.3 Å². The van der Waals surface area contributed by atoms with Gasteiger partial charge >= 0.3 is 0 Å². The van der Waals surface area contributed by atoms with Crippen molar-refractivity contribution < 1.29 is 4.39 Å². The molecule has 0 unspecified atom stereocenters. The van der Waals surface area contributed by atoms with E-state index in [0.717, 1.165) is 0 Å². The van der Waals surface area contributed by atoms with Crippen molar-refractivity contribution in [1.82, 2.24) is 9.97 Å². The fraction of sp³-hybridized carbons (Fsp3) is 0.500. The molecule has 0 aliphatic carbocycles. The number of nitrogens with two attached hydrogens (primary N) is 1. The Morgan fingerprint density at radius 1 is 1.62 bits per heavy atom. The average molecular weight is 185 g/mol. The standard InChI is InChI=1S/C8H12FN3O/c1-2-5-7(9)8(13)12-6(11-5)3-4-10/h2-4,10H2,1H3,(H,11,12,13). The molecule has 1 heterocycles. The van der Waals surface area contributed by atoms with Crippen molar-refractivity contribution in [2.75, 3.05) is 6.54 Å². The van der Waals surface area contributed by atoms with E-state index < -0.39 is 11.4 Å². The first-order valence-electron chi connectivity index (χ1n) is 4.16. The molecule has 0 aromatic carbocycles. The highest BCUT2D eigenvalue weighted by atomic mass is 19.1. The molecule has 4 nitrogen and oxygen atoms in total. The predicted molar refractivity (Wildman–Crippen MR) is 47.0 cm³/mol. The van der Waals surface area contributed by atoms with Gasteiger partial charge in [0.05, 0.1) is 5.69 Å². The Balaban J connectivity index is 3.14. The molecule has 1 rings (SSSR count). The van der Waals surface area contributed by atoms with Crippen LogP contribution in [0.15, 0.2) is 4.79 Å². The summed E-state index contributed by atoms with van der Waals surface area (Å²) >= 11 is 0. The van der Waals surface area contributed by atoms with Crippen molar-refractivity contribution in [3.63, 3.8) is 0 Å². The van der Waals surface area contributed by atoms with E-state index in [1.54, 1.807) is 6.92 Å². The van der Waals surface area contributed by atoms with Gasteiger partial charge in [-0.15, -0.1) is 0 Å². The summed E-state index contributed by atoms with van der Waals surface area (Å²) in [7, 11) is 0. The number of rotatable bonds is 3. The molecule has 0 aliphatic heterocycles. The van der Waals surface area contributed by atoms with Gasteiger partial charge in [0, 0.05) is 6.42 Å². The molecule has 0 amide bonds. The lowest BCUT2D eigenvalue weighted by Gasteiger charge is -2.01. The second-order valence-corrected chi connectivity index (χ2v) is 2.67. The predicted octanol–water partition coefficient (Wildman–Crippen LogP) is -0.0274. The number of hydrogen-bond acceptors (Lipinski definition) is 3. The van der Waals surface area contributed by atoms with E-state index in [1.807, 2.05) is 0 Å². The number of H-pyrrole nitrogens is 1. The van der Waals surface area contributed by atoms with E-state index in [4.69, 9.17) is 5.73 Å². The molecular weight excluding hydrogens is 173 g/mol. The summed E-state index contributed by atoms with van der Waals surface area (Å²) in [4.78, 5) is 17.2. The molecule has 0 bridgehead atoms. The second-order valence-electron chi connectivity index (χ2n) is 2.67. The minimum atomic E-state index is -0.789. The zero-order chi connectivity index (χ0) is 9.84. The maximum absolute atomic E-state index is 13.0. The molecule has 13 heavy (non-hydrogen) atoms. The summed E-state index contributed by atoms with van der Waals surface area (Å²) in [5.74, 6) is -0.339. The van der Waals surface area contributed by atoms with Crippen LogP contribution in [0, 0.1) is 5.82 Å². The van der Waals surface area contributed by atoms with E-state index in [2.05, 4.69) is 9.97 Å². The minimum absolute atomic E-state index is 0.201. The molecule has 0 fully saturated rings. The molecule has 3 N–H and O–H groups in total. The molecule has 0 saturated heterocycles. The fourth-order valence-corrected chi connectivity index (χ4v) is 1.05. The van der Waals surface area contributed by atoms with Crippen LogP contribution in [0.2, 0.25) is 0 Å². The summed E-state index contributed by atoms with van der Waals surface area (Å²) in [5.41, 5.74) is 4.77. The average Bonchev–Trinajstić information content (AvgIpc) is 2.11. The number of aromatic amines is 1. The third kappa shape index (κ3) is 2.12. The third-order valence-corrected chi connectivity index (χ3v) is 1.70. The highest BCUT2D eigenvalue weighted by Crippen LogP contribution is 1.99. The Kier molecular flexibility index (Phi) is 3.13. The summed E-state index contributed by atoms with van der Waals surface area (Å²) in [5, 5.41) is 0. The summed E-state index contributed by atoms with van der Waals surface area (Å²) < 4.78 is 13.0.